The third-order valence-electron chi connectivity index (χ3n) is 1.37. The van der Waals surface area contributed by atoms with E-state index < -0.39 is 0 Å². The Labute approximate surface area is 70.3 Å². The average Bonchev–Trinajstić information content (AvgIpc) is 2.52. The number of esters is 1. The summed E-state index contributed by atoms with van der Waals surface area (Å²) < 4.78 is 9.70. The summed E-state index contributed by atoms with van der Waals surface area (Å²) in [6, 6.07) is 1.58. The lowest BCUT2D eigenvalue weighted by Crippen LogP contribution is -2.02. The van der Waals surface area contributed by atoms with Crippen molar-refractivity contribution in [3.8, 4) is 0 Å². The van der Waals surface area contributed by atoms with E-state index in [0.717, 1.165) is 0 Å². The molecule has 0 aliphatic heterocycles. The summed E-state index contributed by atoms with van der Waals surface area (Å²) in [6.07, 6.45) is 1.35. The minimum atomic E-state index is -0.374. The maximum Gasteiger partial charge on any atom is 0.341 e. The second kappa shape index (κ2) is 3.92. The molecule has 0 saturated carbocycles. The Bertz CT molecular complexity index is 267. The van der Waals surface area contributed by atoms with Crippen LogP contribution in [-0.2, 0) is 11.3 Å². The molecule has 4 heteroatoms. The summed E-state index contributed by atoms with van der Waals surface area (Å²) in [4.78, 5) is 11.1. The van der Waals surface area contributed by atoms with E-state index in [1.165, 1.54) is 6.26 Å². The molecule has 12 heavy (non-hydrogen) atoms. The van der Waals surface area contributed by atoms with Crippen molar-refractivity contribution in [2.24, 2.45) is 5.73 Å². The molecule has 4 nitrogen and oxygen atoms in total. The van der Waals surface area contributed by atoms with Gasteiger partial charge in [-0.2, -0.15) is 0 Å². The molecule has 1 rings (SSSR count). The molecule has 0 spiro atoms. The maximum absolute atomic E-state index is 11.1. The zero-order chi connectivity index (χ0) is 8.97. The van der Waals surface area contributed by atoms with Gasteiger partial charge in [-0.25, -0.2) is 4.79 Å². The molecule has 0 bridgehead atoms. The highest BCUT2D eigenvalue weighted by atomic mass is 16.5. The van der Waals surface area contributed by atoms with Crippen LogP contribution in [0.25, 0.3) is 0 Å². The Morgan fingerprint density at radius 3 is 3.00 bits per heavy atom. The quantitative estimate of drug-likeness (QED) is 0.683. The lowest BCUT2D eigenvalue weighted by molar-refractivity contribution is 0.0525. The molecule has 0 amide bonds. The minimum Gasteiger partial charge on any atom is -0.467 e. The van der Waals surface area contributed by atoms with Crippen LogP contribution in [0.1, 0.15) is 23.0 Å². The first kappa shape index (κ1) is 8.80. The predicted molar refractivity (Wildman–Crippen MR) is 42.6 cm³/mol. The van der Waals surface area contributed by atoms with Crippen LogP contribution in [0.5, 0.6) is 0 Å². The molecule has 0 aliphatic rings. The highest BCUT2D eigenvalue weighted by Gasteiger charge is 2.09. The van der Waals surface area contributed by atoms with Gasteiger partial charge in [0.15, 0.2) is 0 Å². The molecular formula is C8H11NO3. The number of ether oxygens (including phenoxy) is 1. The smallest absolute Gasteiger partial charge is 0.341 e. The van der Waals surface area contributed by atoms with Gasteiger partial charge in [-0.1, -0.05) is 0 Å². The maximum atomic E-state index is 11.1. The van der Waals surface area contributed by atoms with Crippen LogP contribution < -0.4 is 5.73 Å². The second-order valence-electron chi connectivity index (χ2n) is 2.23. The lowest BCUT2D eigenvalue weighted by atomic mass is 10.3. The molecule has 1 aromatic heterocycles. The van der Waals surface area contributed by atoms with E-state index in [4.69, 9.17) is 14.9 Å². The van der Waals surface area contributed by atoms with Crippen molar-refractivity contribution < 1.29 is 13.9 Å². The molecule has 1 aromatic rings. The van der Waals surface area contributed by atoms with Crippen molar-refractivity contribution in [1.82, 2.24) is 0 Å². The number of carbonyl (C=O) groups is 1. The monoisotopic (exact) mass is 169 g/mol. The molecule has 0 unspecified atom stereocenters. The Hall–Kier alpha value is -1.29. The number of carbonyl (C=O) groups excluding carboxylic acids is 1. The molecule has 1 heterocycles. The lowest BCUT2D eigenvalue weighted by Gasteiger charge is -1.95. The van der Waals surface area contributed by atoms with E-state index in [9.17, 15) is 4.79 Å². The van der Waals surface area contributed by atoms with Gasteiger partial charge in [0.05, 0.1) is 18.7 Å². The number of hydrogen-bond donors (Lipinski definition) is 1. The molecule has 0 fully saturated rings. The number of hydrogen-bond acceptors (Lipinski definition) is 4. The van der Waals surface area contributed by atoms with Gasteiger partial charge in [0.2, 0.25) is 0 Å². The fraction of sp³-hybridized carbons (Fsp3) is 0.375. The first-order chi connectivity index (χ1) is 5.77. The van der Waals surface area contributed by atoms with Gasteiger partial charge in [-0.3, -0.25) is 0 Å². The summed E-state index contributed by atoms with van der Waals surface area (Å²) in [7, 11) is 0. The molecule has 0 radical (unpaired) electrons. The molecule has 2 N–H and O–H groups in total. The Balaban J connectivity index is 2.68. The van der Waals surface area contributed by atoms with E-state index in [1.54, 1.807) is 13.0 Å². The highest BCUT2D eigenvalue weighted by Crippen LogP contribution is 2.07. The minimum absolute atomic E-state index is 0.291. The summed E-state index contributed by atoms with van der Waals surface area (Å²) in [5.41, 5.74) is 5.71. The van der Waals surface area contributed by atoms with Gasteiger partial charge in [0, 0.05) is 0 Å². The van der Waals surface area contributed by atoms with E-state index in [1.807, 2.05) is 0 Å². The SMILES string of the molecule is CCOC(=O)c1coc(CN)c1. The van der Waals surface area contributed by atoms with Crippen molar-refractivity contribution in [2.75, 3.05) is 6.61 Å². The Morgan fingerprint density at radius 2 is 2.50 bits per heavy atom. The molecule has 0 aliphatic carbocycles. The van der Waals surface area contributed by atoms with Crippen molar-refractivity contribution in [3.63, 3.8) is 0 Å². The fourth-order valence-corrected chi connectivity index (χ4v) is 0.809. The molecular weight excluding hydrogens is 158 g/mol. The molecule has 0 saturated heterocycles. The van der Waals surface area contributed by atoms with E-state index in [2.05, 4.69) is 0 Å². The van der Waals surface area contributed by atoms with Crippen LogP contribution in [0, 0.1) is 0 Å². The zero-order valence-electron chi connectivity index (χ0n) is 6.87. The number of rotatable bonds is 3. The Kier molecular flexibility index (Phi) is 2.88. The van der Waals surface area contributed by atoms with Gasteiger partial charge in [-0.15, -0.1) is 0 Å². The number of furan rings is 1. The molecule has 0 aromatic carbocycles. The van der Waals surface area contributed by atoms with Crippen molar-refractivity contribution >= 4 is 5.97 Å². The van der Waals surface area contributed by atoms with Crippen LogP contribution in [0.4, 0.5) is 0 Å². The Morgan fingerprint density at radius 1 is 1.75 bits per heavy atom. The first-order valence-corrected chi connectivity index (χ1v) is 3.72. The van der Waals surface area contributed by atoms with Gasteiger partial charge in [0.1, 0.15) is 12.0 Å². The number of nitrogens with two attached hydrogens (primary N) is 1. The summed E-state index contributed by atoms with van der Waals surface area (Å²) in [5.74, 6) is 0.207. The van der Waals surface area contributed by atoms with Crippen molar-refractivity contribution in [3.05, 3.63) is 23.7 Å². The summed E-state index contributed by atoms with van der Waals surface area (Å²) >= 11 is 0. The normalized spacial score (nSPS) is 9.83. The molecule has 0 atom stereocenters. The van der Waals surface area contributed by atoms with E-state index in [-0.39, 0.29) is 5.97 Å². The largest absolute Gasteiger partial charge is 0.467 e. The van der Waals surface area contributed by atoms with E-state index in [0.29, 0.717) is 24.5 Å². The van der Waals surface area contributed by atoms with Gasteiger partial charge >= 0.3 is 5.97 Å². The van der Waals surface area contributed by atoms with Gasteiger partial charge < -0.3 is 14.9 Å². The second-order valence-corrected chi connectivity index (χ2v) is 2.23. The van der Waals surface area contributed by atoms with Crippen LogP contribution in [-0.4, -0.2) is 12.6 Å². The van der Waals surface area contributed by atoms with Crippen LogP contribution in [0.15, 0.2) is 16.7 Å². The summed E-state index contributed by atoms with van der Waals surface area (Å²) in [5, 5.41) is 0. The van der Waals surface area contributed by atoms with Crippen molar-refractivity contribution in [2.45, 2.75) is 13.5 Å². The van der Waals surface area contributed by atoms with Crippen LogP contribution >= 0.6 is 0 Å². The zero-order valence-corrected chi connectivity index (χ0v) is 6.87. The average molecular weight is 169 g/mol. The van der Waals surface area contributed by atoms with Crippen LogP contribution in [0.2, 0.25) is 0 Å². The molecule has 66 valence electrons. The standard InChI is InChI=1S/C8H11NO3/c1-2-11-8(10)6-3-7(4-9)12-5-6/h3,5H,2,4,9H2,1H3. The topological polar surface area (TPSA) is 65.5 Å². The van der Waals surface area contributed by atoms with Gasteiger partial charge in [0.25, 0.3) is 0 Å². The third-order valence-corrected chi connectivity index (χ3v) is 1.37. The third kappa shape index (κ3) is 1.85. The predicted octanol–water partition coefficient (Wildman–Crippen LogP) is 0.915. The van der Waals surface area contributed by atoms with Crippen LogP contribution in [0.3, 0.4) is 0 Å². The van der Waals surface area contributed by atoms with E-state index >= 15 is 0 Å². The van der Waals surface area contributed by atoms with Crippen molar-refractivity contribution in [1.29, 1.82) is 0 Å². The summed E-state index contributed by atoms with van der Waals surface area (Å²) in [6.45, 7) is 2.41. The fourth-order valence-electron chi connectivity index (χ4n) is 0.809. The van der Waals surface area contributed by atoms with Gasteiger partial charge in [-0.05, 0) is 13.0 Å². The highest BCUT2D eigenvalue weighted by molar-refractivity contribution is 5.89. The first-order valence-electron chi connectivity index (χ1n) is 3.72.